The van der Waals surface area contributed by atoms with E-state index in [1.807, 2.05) is 13.0 Å². The van der Waals surface area contributed by atoms with Crippen LogP contribution in [0.1, 0.15) is 25.0 Å². The van der Waals surface area contributed by atoms with Gasteiger partial charge in [0.15, 0.2) is 0 Å². The SMILES string of the molecule is CCCNCCc1nnc(-c2coc(C)c2)o1. The summed E-state index contributed by atoms with van der Waals surface area (Å²) in [6.45, 7) is 5.90. The van der Waals surface area contributed by atoms with Crippen LogP contribution in [0.5, 0.6) is 0 Å². The van der Waals surface area contributed by atoms with Gasteiger partial charge in [-0.15, -0.1) is 10.2 Å². The highest BCUT2D eigenvalue weighted by molar-refractivity contribution is 5.50. The maximum absolute atomic E-state index is 5.54. The summed E-state index contributed by atoms with van der Waals surface area (Å²) in [5, 5.41) is 11.3. The van der Waals surface area contributed by atoms with Crippen LogP contribution >= 0.6 is 0 Å². The van der Waals surface area contributed by atoms with Gasteiger partial charge in [0, 0.05) is 13.0 Å². The van der Waals surface area contributed by atoms with Crippen LogP contribution in [0.3, 0.4) is 0 Å². The lowest BCUT2D eigenvalue weighted by Crippen LogP contribution is -2.17. The van der Waals surface area contributed by atoms with Crippen molar-refractivity contribution in [2.45, 2.75) is 26.7 Å². The van der Waals surface area contributed by atoms with Crippen molar-refractivity contribution in [3.63, 3.8) is 0 Å². The summed E-state index contributed by atoms with van der Waals surface area (Å²) >= 11 is 0. The van der Waals surface area contributed by atoms with E-state index in [9.17, 15) is 0 Å². The molecule has 0 aromatic carbocycles. The largest absolute Gasteiger partial charge is 0.469 e. The van der Waals surface area contributed by atoms with Crippen LogP contribution in [0.4, 0.5) is 0 Å². The molecular weight excluding hydrogens is 218 g/mol. The Morgan fingerprint density at radius 1 is 1.29 bits per heavy atom. The summed E-state index contributed by atoms with van der Waals surface area (Å²) in [5.41, 5.74) is 0.836. The topological polar surface area (TPSA) is 64.1 Å². The van der Waals surface area contributed by atoms with E-state index in [4.69, 9.17) is 8.83 Å². The monoisotopic (exact) mass is 235 g/mol. The first-order valence-electron chi connectivity index (χ1n) is 5.88. The number of nitrogens with one attached hydrogen (secondary N) is 1. The van der Waals surface area contributed by atoms with Crippen LogP contribution in [-0.2, 0) is 6.42 Å². The minimum atomic E-state index is 0.521. The maximum Gasteiger partial charge on any atom is 0.250 e. The molecule has 0 amide bonds. The molecule has 5 heteroatoms. The predicted octanol–water partition coefficient (Wildman–Crippen LogP) is 2.18. The van der Waals surface area contributed by atoms with E-state index in [0.29, 0.717) is 11.8 Å². The highest BCUT2D eigenvalue weighted by Crippen LogP contribution is 2.20. The first-order chi connectivity index (χ1) is 8.29. The molecule has 0 saturated heterocycles. The Bertz CT molecular complexity index is 462. The van der Waals surface area contributed by atoms with Gasteiger partial charge in [0.2, 0.25) is 5.89 Å². The van der Waals surface area contributed by atoms with E-state index in [-0.39, 0.29) is 0 Å². The lowest BCUT2D eigenvalue weighted by molar-refractivity contribution is 0.492. The molecule has 0 saturated carbocycles. The minimum Gasteiger partial charge on any atom is -0.469 e. The quantitative estimate of drug-likeness (QED) is 0.777. The Morgan fingerprint density at radius 3 is 2.88 bits per heavy atom. The third-order valence-electron chi connectivity index (χ3n) is 2.39. The van der Waals surface area contributed by atoms with Gasteiger partial charge in [-0.2, -0.15) is 0 Å². The maximum atomic E-state index is 5.54. The fraction of sp³-hybridized carbons (Fsp3) is 0.500. The second-order valence-electron chi connectivity index (χ2n) is 3.95. The van der Waals surface area contributed by atoms with Gasteiger partial charge in [-0.1, -0.05) is 6.92 Å². The summed E-state index contributed by atoms with van der Waals surface area (Å²) in [5.74, 6) is 2.01. The normalized spacial score (nSPS) is 10.9. The molecule has 0 unspecified atom stereocenters. The first kappa shape index (κ1) is 11.9. The van der Waals surface area contributed by atoms with E-state index < -0.39 is 0 Å². The molecule has 0 spiro atoms. The standard InChI is InChI=1S/C12H17N3O2/c1-3-5-13-6-4-11-14-15-12(17-11)10-7-9(2)16-8-10/h7-8,13H,3-6H2,1-2H3. The number of hydrogen-bond donors (Lipinski definition) is 1. The molecule has 2 rings (SSSR count). The van der Waals surface area contributed by atoms with Crippen LogP contribution < -0.4 is 5.32 Å². The Balaban J connectivity index is 1.92. The number of aromatic nitrogens is 2. The Kier molecular flexibility index (Phi) is 3.93. The van der Waals surface area contributed by atoms with Gasteiger partial charge in [-0.25, -0.2) is 0 Å². The zero-order valence-corrected chi connectivity index (χ0v) is 10.2. The number of furan rings is 1. The van der Waals surface area contributed by atoms with Crippen molar-refractivity contribution < 1.29 is 8.83 Å². The number of aryl methyl sites for hydroxylation is 1. The van der Waals surface area contributed by atoms with Crippen LogP contribution in [0.2, 0.25) is 0 Å². The lowest BCUT2D eigenvalue weighted by Gasteiger charge is -1.98. The molecule has 0 aliphatic carbocycles. The van der Waals surface area contributed by atoms with Gasteiger partial charge < -0.3 is 14.2 Å². The van der Waals surface area contributed by atoms with Crippen molar-refractivity contribution in [1.29, 1.82) is 0 Å². The molecule has 2 heterocycles. The summed E-state index contributed by atoms with van der Waals surface area (Å²) in [4.78, 5) is 0. The van der Waals surface area contributed by atoms with Gasteiger partial charge >= 0.3 is 0 Å². The van der Waals surface area contributed by atoms with E-state index in [1.54, 1.807) is 6.26 Å². The van der Waals surface area contributed by atoms with Gasteiger partial charge in [0.1, 0.15) is 12.0 Å². The molecule has 0 radical (unpaired) electrons. The third kappa shape index (κ3) is 3.17. The first-order valence-corrected chi connectivity index (χ1v) is 5.88. The summed E-state index contributed by atoms with van der Waals surface area (Å²) in [6.07, 6.45) is 3.51. The third-order valence-corrected chi connectivity index (χ3v) is 2.39. The van der Waals surface area contributed by atoms with Crippen molar-refractivity contribution in [2.24, 2.45) is 0 Å². The van der Waals surface area contributed by atoms with Crippen molar-refractivity contribution in [1.82, 2.24) is 15.5 Å². The number of hydrogen-bond acceptors (Lipinski definition) is 5. The molecule has 5 nitrogen and oxygen atoms in total. The minimum absolute atomic E-state index is 0.521. The van der Waals surface area contributed by atoms with Gasteiger partial charge in [-0.05, 0) is 26.0 Å². The summed E-state index contributed by atoms with van der Waals surface area (Å²) < 4.78 is 10.7. The van der Waals surface area contributed by atoms with Crippen LogP contribution in [0, 0.1) is 6.92 Å². The predicted molar refractivity (Wildman–Crippen MR) is 63.6 cm³/mol. The molecular formula is C12H17N3O2. The second kappa shape index (κ2) is 5.63. The zero-order valence-electron chi connectivity index (χ0n) is 10.2. The van der Waals surface area contributed by atoms with Gasteiger partial charge in [0.25, 0.3) is 5.89 Å². The molecule has 2 aromatic rings. The Morgan fingerprint density at radius 2 is 2.18 bits per heavy atom. The summed E-state index contributed by atoms with van der Waals surface area (Å²) in [7, 11) is 0. The Labute approximate surface area is 100 Å². The lowest BCUT2D eigenvalue weighted by atomic mass is 10.3. The van der Waals surface area contributed by atoms with E-state index in [2.05, 4.69) is 22.4 Å². The van der Waals surface area contributed by atoms with Crippen LogP contribution in [-0.4, -0.2) is 23.3 Å². The Hall–Kier alpha value is -1.62. The number of nitrogens with zero attached hydrogens (tertiary/aromatic N) is 2. The molecule has 0 fully saturated rings. The molecule has 0 atom stereocenters. The van der Waals surface area contributed by atoms with Crippen molar-refractivity contribution in [3.05, 3.63) is 24.0 Å². The second-order valence-corrected chi connectivity index (χ2v) is 3.95. The van der Waals surface area contributed by atoms with E-state index in [1.165, 1.54) is 0 Å². The van der Waals surface area contributed by atoms with Gasteiger partial charge in [-0.3, -0.25) is 0 Å². The smallest absolute Gasteiger partial charge is 0.250 e. The fourth-order valence-electron chi connectivity index (χ4n) is 1.52. The van der Waals surface area contributed by atoms with Crippen LogP contribution in [0.25, 0.3) is 11.5 Å². The molecule has 1 N–H and O–H groups in total. The highest BCUT2D eigenvalue weighted by Gasteiger charge is 2.10. The van der Waals surface area contributed by atoms with Gasteiger partial charge in [0.05, 0.1) is 5.56 Å². The van der Waals surface area contributed by atoms with Crippen molar-refractivity contribution in [2.75, 3.05) is 13.1 Å². The molecule has 92 valence electrons. The average Bonchev–Trinajstić information content (AvgIpc) is 2.93. The average molecular weight is 235 g/mol. The fourth-order valence-corrected chi connectivity index (χ4v) is 1.52. The summed E-state index contributed by atoms with van der Waals surface area (Å²) in [6, 6.07) is 1.88. The molecule has 17 heavy (non-hydrogen) atoms. The van der Waals surface area contributed by atoms with Crippen molar-refractivity contribution >= 4 is 0 Å². The molecule has 0 aliphatic heterocycles. The zero-order chi connectivity index (χ0) is 12.1. The number of rotatable bonds is 6. The molecule has 2 aromatic heterocycles. The van der Waals surface area contributed by atoms with Crippen molar-refractivity contribution in [3.8, 4) is 11.5 Å². The van der Waals surface area contributed by atoms with E-state index >= 15 is 0 Å². The van der Waals surface area contributed by atoms with E-state index in [0.717, 1.165) is 37.3 Å². The van der Waals surface area contributed by atoms with Crippen LogP contribution in [0.15, 0.2) is 21.2 Å². The molecule has 0 aliphatic rings. The highest BCUT2D eigenvalue weighted by atomic mass is 16.4. The molecule has 0 bridgehead atoms.